The summed E-state index contributed by atoms with van der Waals surface area (Å²) >= 11 is 0. The SMILES string of the molecule is Cc1cc(CN2CCCC2CN2CCCC2)ccc1NC(=O)CNc1ccc(F)c(F)c1.Cl.Cl.Cl. The predicted molar refractivity (Wildman–Crippen MR) is 146 cm³/mol. The average Bonchev–Trinajstić information content (AvgIpc) is 3.44. The number of anilines is 2. The average molecular weight is 552 g/mol. The fourth-order valence-corrected chi connectivity index (χ4v) is 4.76. The highest BCUT2D eigenvalue weighted by Crippen LogP contribution is 2.24. The summed E-state index contributed by atoms with van der Waals surface area (Å²) in [5, 5.41) is 5.71. The minimum absolute atomic E-state index is 0. The monoisotopic (exact) mass is 550 g/mol. The summed E-state index contributed by atoms with van der Waals surface area (Å²) in [6.45, 7) is 7.70. The number of likely N-dealkylation sites (tertiary alicyclic amines) is 2. The van der Waals surface area contributed by atoms with Crippen molar-refractivity contribution in [3.05, 3.63) is 59.2 Å². The van der Waals surface area contributed by atoms with Gasteiger partial charge in [-0.1, -0.05) is 12.1 Å². The van der Waals surface area contributed by atoms with Gasteiger partial charge in [-0.15, -0.1) is 37.2 Å². The Hall–Kier alpha value is -1.64. The van der Waals surface area contributed by atoms with Crippen LogP contribution >= 0.6 is 37.2 Å². The van der Waals surface area contributed by atoms with Crippen LogP contribution in [-0.4, -0.2) is 54.5 Å². The maximum atomic E-state index is 13.3. The molecule has 196 valence electrons. The van der Waals surface area contributed by atoms with Crippen molar-refractivity contribution in [3.8, 4) is 0 Å². The molecule has 1 unspecified atom stereocenters. The van der Waals surface area contributed by atoms with Crippen molar-refractivity contribution in [1.82, 2.24) is 9.80 Å². The molecule has 0 spiro atoms. The molecule has 0 aromatic heterocycles. The number of halogens is 5. The lowest BCUT2D eigenvalue weighted by Crippen LogP contribution is -2.38. The van der Waals surface area contributed by atoms with Gasteiger partial charge in [-0.25, -0.2) is 8.78 Å². The third kappa shape index (κ3) is 8.76. The van der Waals surface area contributed by atoms with Crippen LogP contribution in [0.15, 0.2) is 36.4 Å². The highest BCUT2D eigenvalue weighted by Gasteiger charge is 2.27. The zero-order chi connectivity index (χ0) is 22.5. The fraction of sp³-hybridized carbons (Fsp3) is 0.480. The highest BCUT2D eigenvalue weighted by atomic mass is 35.5. The van der Waals surface area contributed by atoms with E-state index in [1.165, 1.54) is 56.9 Å². The summed E-state index contributed by atoms with van der Waals surface area (Å²) < 4.78 is 26.3. The summed E-state index contributed by atoms with van der Waals surface area (Å²) in [4.78, 5) is 17.5. The van der Waals surface area contributed by atoms with Gasteiger partial charge < -0.3 is 15.5 Å². The van der Waals surface area contributed by atoms with E-state index in [9.17, 15) is 13.6 Å². The number of hydrogen-bond acceptors (Lipinski definition) is 4. The van der Waals surface area contributed by atoms with Crippen LogP contribution in [0.25, 0.3) is 0 Å². The van der Waals surface area contributed by atoms with Gasteiger partial charge in [0.15, 0.2) is 11.6 Å². The number of amides is 1. The summed E-state index contributed by atoms with van der Waals surface area (Å²) in [6, 6.07) is 10.3. The van der Waals surface area contributed by atoms with Gasteiger partial charge in [-0.3, -0.25) is 9.69 Å². The summed E-state index contributed by atoms with van der Waals surface area (Å²) in [6.07, 6.45) is 5.19. The van der Waals surface area contributed by atoms with Gasteiger partial charge in [0.05, 0.1) is 6.54 Å². The van der Waals surface area contributed by atoms with E-state index in [4.69, 9.17) is 0 Å². The molecule has 2 aliphatic heterocycles. The number of hydrogen-bond donors (Lipinski definition) is 2. The third-order valence-electron chi connectivity index (χ3n) is 6.49. The second-order valence-electron chi connectivity index (χ2n) is 8.95. The first-order valence-corrected chi connectivity index (χ1v) is 11.5. The van der Waals surface area contributed by atoms with E-state index in [0.29, 0.717) is 11.7 Å². The lowest BCUT2D eigenvalue weighted by molar-refractivity contribution is -0.114. The molecule has 2 aromatic carbocycles. The molecule has 0 bridgehead atoms. The van der Waals surface area contributed by atoms with Crippen LogP contribution in [0, 0.1) is 18.6 Å². The first kappa shape index (κ1) is 31.4. The van der Waals surface area contributed by atoms with E-state index in [-0.39, 0.29) is 49.7 Å². The maximum Gasteiger partial charge on any atom is 0.243 e. The summed E-state index contributed by atoms with van der Waals surface area (Å²) in [5.41, 5.74) is 3.40. The minimum Gasteiger partial charge on any atom is -0.376 e. The highest BCUT2D eigenvalue weighted by molar-refractivity contribution is 5.94. The lowest BCUT2D eigenvalue weighted by Gasteiger charge is -2.28. The van der Waals surface area contributed by atoms with Crippen molar-refractivity contribution in [2.75, 3.05) is 43.4 Å². The number of aryl methyl sites for hydroxylation is 1. The third-order valence-corrected chi connectivity index (χ3v) is 6.49. The number of benzene rings is 2. The quantitative estimate of drug-likeness (QED) is 0.445. The van der Waals surface area contributed by atoms with Crippen LogP contribution in [0.2, 0.25) is 0 Å². The number of nitrogens with zero attached hydrogens (tertiary/aromatic N) is 2. The van der Waals surface area contributed by atoms with Crippen LogP contribution in [0.3, 0.4) is 0 Å². The van der Waals surface area contributed by atoms with Gasteiger partial charge >= 0.3 is 0 Å². The molecule has 2 N–H and O–H groups in total. The summed E-state index contributed by atoms with van der Waals surface area (Å²) in [5.74, 6) is -2.09. The van der Waals surface area contributed by atoms with Crippen molar-refractivity contribution in [2.45, 2.75) is 45.2 Å². The Morgan fingerprint density at radius 3 is 2.40 bits per heavy atom. The maximum absolute atomic E-state index is 13.3. The Morgan fingerprint density at radius 1 is 0.971 bits per heavy atom. The standard InChI is InChI=1S/C25H32F2N4O.3ClH/c1-18-13-19(16-31-12-4-5-21(31)17-30-10-2-3-11-30)6-9-24(18)29-25(32)15-28-20-7-8-22(26)23(27)14-20;;;/h6-9,13-14,21,28H,2-5,10-12,15-17H2,1H3,(H,29,32);3*1H. The number of carbonyl (C=O) groups is 1. The van der Waals surface area contributed by atoms with Crippen LogP contribution < -0.4 is 10.6 Å². The number of nitrogens with one attached hydrogen (secondary N) is 2. The Bertz CT molecular complexity index is 960. The molecule has 4 rings (SSSR count). The van der Waals surface area contributed by atoms with Crippen molar-refractivity contribution in [3.63, 3.8) is 0 Å². The van der Waals surface area contributed by atoms with Crippen LogP contribution in [0.4, 0.5) is 20.2 Å². The first-order valence-electron chi connectivity index (χ1n) is 11.5. The molecule has 2 aromatic rings. The van der Waals surface area contributed by atoms with E-state index in [1.54, 1.807) is 0 Å². The molecular weight excluding hydrogens is 517 g/mol. The minimum atomic E-state index is -0.942. The molecule has 35 heavy (non-hydrogen) atoms. The molecule has 0 radical (unpaired) electrons. The van der Waals surface area contributed by atoms with Crippen LogP contribution in [0.1, 0.15) is 36.8 Å². The second-order valence-corrected chi connectivity index (χ2v) is 8.95. The molecule has 10 heteroatoms. The van der Waals surface area contributed by atoms with E-state index in [2.05, 4.69) is 32.6 Å². The van der Waals surface area contributed by atoms with Crippen LogP contribution in [0.5, 0.6) is 0 Å². The van der Waals surface area contributed by atoms with Gasteiger partial charge in [-0.2, -0.15) is 0 Å². The Balaban J connectivity index is 0.00000204. The van der Waals surface area contributed by atoms with Crippen molar-refractivity contribution >= 4 is 54.5 Å². The van der Waals surface area contributed by atoms with E-state index in [0.717, 1.165) is 36.5 Å². The van der Waals surface area contributed by atoms with Gasteiger partial charge in [0.2, 0.25) is 5.91 Å². The molecular formula is C25H35Cl3F2N4O. The van der Waals surface area contributed by atoms with Crippen LogP contribution in [-0.2, 0) is 11.3 Å². The van der Waals surface area contributed by atoms with Gasteiger partial charge in [0.1, 0.15) is 0 Å². The molecule has 0 aliphatic carbocycles. The van der Waals surface area contributed by atoms with Gasteiger partial charge in [0, 0.05) is 36.6 Å². The Labute approximate surface area is 225 Å². The largest absolute Gasteiger partial charge is 0.376 e. The molecule has 1 amide bonds. The Kier molecular flexibility index (Phi) is 13.3. The van der Waals surface area contributed by atoms with Gasteiger partial charge in [-0.05, 0) is 81.6 Å². The molecule has 0 saturated carbocycles. The molecule has 2 fully saturated rings. The van der Waals surface area contributed by atoms with E-state index < -0.39 is 11.6 Å². The topological polar surface area (TPSA) is 47.6 Å². The number of rotatable bonds is 8. The zero-order valence-corrected chi connectivity index (χ0v) is 22.3. The van der Waals surface area contributed by atoms with Gasteiger partial charge in [0.25, 0.3) is 0 Å². The smallest absolute Gasteiger partial charge is 0.243 e. The predicted octanol–water partition coefficient (Wildman–Crippen LogP) is 5.65. The Morgan fingerprint density at radius 2 is 1.71 bits per heavy atom. The lowest BCUT2D eigenvalue weighted by atomic mass is 10.1. The molecule has 2 saturated heterocycles. The molecule has 2 heterocycles. The van der Waals surface area contributed by atoms with E-state index in [1.807, 2.05) is 13.0 Å². The molecule has 1 atom stereocenters. The zero-order valence-electron chi connectivity index (χ0n) is 19.9. The van der Waals surface area contributed by atoms with Crippen molar-refractivity contribution in [1.29, 1.82) is 0 Å². The fourth-order valence-electron chi connectivity index (χ4n) is 4.76. The van der Waals surface area contributed by atoms with Crippen molar-refractivity contribution < 1.29 is 13.6 Å². The molecule has 5 nitrogen and oxygen atoms in total. The van der Waals surface area contributed by atoms with E-state index >= 15 is 0 Å². The second kappa shape index (κ2) is 14.8. The summed E-state index contributed by atoms with van der Waals surface area (Å²) in [7, 11) is 0. The first-order chi connectivity index (χ1) is 15.5. The molecule has 2 aliphatic rings. The normalized spacial score (nSPS) is 17.7. The number of carbonyl (C=O) groups excluding carboxylic acids is 1. The van der Waals surface area contributed by atoms with Crippen molar-refractivity contribution in [2.24, 2.45) is 0 Å².